The molecule has 6 heteroatoms. The summed E-state index contributed by atoms with van der Waals surface area (Å²) in [7, 11) is 0. The Balaban J connectivity index is 2.18. The van der Waals surface area contributed by atoms with Crippen molar-refractivity contribution in [2.75, 3.05) is 0 Å². The first-order valence-corrected chi connectivity index (χ1v) is 7.17. The van der Waals surface area contributed by atoms with E-state index in [1.165, 1.54) is 12.1 Å². The second-order valence-corrected chi connectivity index (χ2v) is 5.50. The van der Waals surface area contributed by atoms with Gasteiger partial charge in [-0.3, -0.25) is 4.79 Å². The number of halogens is 1. The van der Waals surface area contributed by atoms with Crippen LogP contribution in [0.1, 0.15) is 11.3 Å². The van der Waals surface area contributed by atoms with Crippen LogP contribution in [0.25, 0.3) is 16.9 Å². The lowest BCUT2D eigenvalue weighted by molar-refractivity contribution is -0.138. The number of carboxylic acids is 1. The van der Waals surface area contributed by atoms with Gasteiger partial charge in [0.15, 0.2) is 0 Å². The highest BCUT2D eigenvalue weighted by atomic mass is 19.1. The van der Waals surface area contributed by atoms with Crippen LogP contribution in [0.5, 0.6) is 0 Å². The molecular weight excluding hydrogens is 297 g/mol. The molecule has 2 heterocycles. The van der Waals surface area contributed by atoms with E-state index in [1.54, 1.807) is 12.1 Å². The van der Waals surface area contributed by atoms with Crippen molar-refractivity contribution in [1.29, 1.82) is 0 Å². The maximum absolute atomic E-state index is 13.2. The molecule has 2 aromatic heterocycles. The highest BCUT2D eigenvalue weighted by molar-refractivity contribution is 5.75. The Morgan fingerprint density at radius 1 is 1.35 bits per heavy atom. The van der Waals surface area contributed by atoms with Crippen LogP contribution in [0, 0.1) is 12.7 Å². The van der Waals surface area contributed by atoms with Gasteiger partial charge in [0.1, 0.15) is 17.5 Å². The van der Waals surface area contributed by atoms with Crippen molar-refractivity contribution >= 4 is 11.6 Å². The van der Waals surface area contributed by atoms with Gasteiger partial charge in [0, 0.05) is 18.2 Å². The van der Waals surface area contributed by atoms with Crippen LogP contribution < -0.4 is 5.73 Å². The van der Waals surface area contributed by atoms with Gasteiger partial charge in [-0.2, -0.15) is 0 Å². The molecule has 0 aliphatic carbocycles. The van der Waals surface area contributed by atoms with Gasteiger partial charge in [-0.05, 0) is 48.9 Å². The Hall–Kier alpha value is -2.73. The smallest absolute Gasteiger partial charge is 0.320 e. The number of rotatable bonds is 4. The van der Waals surface area contributed by atoms with E-state index in [9.17, 15) is 9.18 Å². The molecule has 0 spiro atoms. The zero-order valence-electron chi connectivity index (χ0n) is 12.5. The predicted molar refractivity (Wildman–Crippen MR) is 84.6 cm³/mol. The minimum Gasteiger partial charge on any atom is -0.480 e. The van der Waals surface area contributed by atoms with Gasteiger partial charge >= 0.3 is 5.97 Å². The van der Waals surface area contributed by atoms with Crippen molar-refractivity contribution in [3.05, 3.63) is 59.7 Å². The normalized spacial score (nSPS) is 12.5. The van der Waals surface area contributed by atoms with Crippen molar-refractivity contribution in [3.8, 4) is 11.3 Å². The Labute approximate surface area is 132 Å². The van der Waals surface area contributed by atoms with Gasteiger partial charge in [-0.1, -0.05) is 0 Å². The molecule has 1 aromatic carbocycles. The minimum absolute atomic E-state index is 0.131. The lowest BCUT2D eigenvalue weighted by Gasteiger charge is -2.09. The van der Waals surface area contributed by atoms with Crippen LogP contribution in [0.2, 0.25) is 0 Å². The van der Waals surface area contributed by atoms with E-state index in [0.29, 0.717) is 17.0 Å². The summed E-state index contributed by atoms with van der Waals surface area (Å²) in [6, 6.07) is 8.74. The Morgan fingerprint density at radius 2 is 2.04 bits per heavy atom. The van der Waals surface area contributed by atoms with Crippen LogP contribution in [0.4, 0.5) is 4.39 Å². The zero-order chi connectivity index (χ0) is 16.6. The average Bonchev–Trinajstić information content (AvgIpc) is 2.85. The molecule has 3 aromatic rings. The molecule has 1 unspecified atom stereocenters. The molecule has 0 saturated carbocycles. The molecule has 118 valence electrons. The van der Waals surface area contributed by atoms with Crippen molar-refractivity contribution in [2.45, 2.75) is 19.4 Å². The highest BCUT2D eigenvalue weighted by Crippen LogP contribution is 2.26. The number of imidazole rings is 1. The Kier molecular flexibility index (Phi) is 3.83. The second-order valence-electron chi connectivity index (χ2n) is 5.50. The van der Waals surface area contributed by atoms with Gasteiger partial charge < -0.3 is 15.2 Å². The van der Waals surface area contributed by atoms with Crippen LogP contribution in [0.3, 0.4) is 0 Å². The number of aliphatic carboxylic acids is 1. The largest absolute Gasteiger partial charge is 0.480 e. The SMILES string of the molecule is Cc1ccn2c(CC(N)C(=O)O)c(-c3ccc(F)cc3)nc2c1. The third-order valence-electron chi connectivity index (χ3n) is 3.73. The third kappa shape index (κ3) is 2.93. The highest BCUT2D eigenvalue weighted by Gasteiger charge is 2.20. The molecule has 0 saturated heterocycles. The van der Waals surface area contributed by atoms with E-state index < -0.39 is 12.0 Å². The van der Waals surface area contributed by atoms with Crippen LogP contribution >= 0.6 is 0 Å². The van der Waals surface area contributed by atoms with Gasteiger partial charge in [0.25, 0.3) is 0 Å². The number of carbonyl (C=O) groups is 1. The molecule has 3 rings (SSSR count). The molecule has 5 nitrogen and oxygen atoms in total. The molecule has 0 fully saturated rings. The van der Waals surface area contributed by atoms with Crippen LogP contribution in [0.15, 0.2) is 42.6 Å². The maximum Gasteiger partial charge on any atom is 0.320 e. The first kappa shape index (κ1) is 15.2. The maximum atomic E-state index is 13.2. The third-order valence-corrected chi connectivity index (χ3v) is 3.73. The van der Waals surface area contributed by atoms with Gasteiger partial charge in [0.2, 0.25) is 0 Å². The average molecular weight is 313 g/mol. The molecule has 0 amide bonds. The summed E-state index contributed by atoms with van der Waals surface area (Å²) >= 11 is 0. The van der Waals surface area contributed by atoms with Crippen molar-refractivity contribution < 1.29 is 14.3 Å². The predicted octanol–water partition coefficient (Wildman–Crippen LogP) is 2.40. The summed E-state index contributed by atoms with van der Waals surface area (Å²) in [5, 5.41) is 9.09. The van der Waals surface area contributed by atoms with Gasteiger partial charge in [-0.15, -0.1) is 0 Å². The van der Waals surface area contributed by atoms with E-state index in [1.807, 2.05) is 29.7 Å². The molecule has 0 radical (unpaired) electrons. The number of benzene rings is 1. The number of fused-ring (bicyclic) bond motifs is 1. The number of aromatic nitrogens is 2. The van der Waals surface area contributed by atoms with Crippen molar-refractivity contribution in [2.24, 2.45) is 5.73 Å². The number of nitrogens with zero attached hydrogens (tertiary/aromatic N) is 2. The Morgan fingerprint density at radius 3 is 2.70 bits per heavy atom. The molecule has 0 bridgehead atoms. The lowest BCUT2D eigenvalue weighted by atomic mass is 10.1. The molecule has 0 aliphatic heterocycles. The molecule has 0 aliphatic rings. The summed E-state index contributed by atoms with van der Waals surface area (Å²) in [5.74, 6) is -1.41. The summed E-state index contributed by atoms with van der Waals surface area (Å²) < 4.78 is 15.0. The van der Waals surface area contributed by atoms with E-state index in [0.717, 1.165) is 11.1 Å². The standard InChI is InChI=1S/C17H16FN3O2/c1-10-6-7-21-14(9-13(19)17(22)23)16(20-15(21)8-10)11-2-4-12(18)5-3-11/h2-8,13H,9,19H2,1H3,(H,22,23). The second kappa shape index (κ2) is 5.81. The Bertz CT molecular complexity index is 871. The molecule has 23 heavy (non-hydrogen) atoms. The van der Waals surface area contributed by atoms with Crippen LogP contribution in [-0.4, -0.2) is 26.5 Å². The fourth-order valence-corrected chi connectivity index (χ4v) is 2.53. The fourth-order valence-electron chi connectivity index (χ4n) is 2.53. The van der Waals surface area contributed by atoms with E-state index in [-0.39, 0.29) is 12.2 Å². The summed E-state index contributed by atoms with van der Waals surface area (Å²) in [6.07, 6.45) is 1.97. The number of aryl methyl sites for hydroxylation is 1. The number of hydrogen-bond donors (Lipinski definition) is 2. The van der Waals surface area contributed by atoms with Gasteiger partial charge in [0.05, 0.1) is 11.4 Å². The number of hydrogen-bond acceptors (Lipinski definition) is 3. The summed E-state index contributed by atoms with van der Waals surface area (Å²) in [6.45, 7) is 1.95. The van der Waals surface area contributed by atoms with Gasteiger partial charge in [-0.25, -0.2) is 9.37 Å². The molecular formula is C17H16FN3O2. The quantitative estimate of drug-likeness (QED) is 0.775. The van der Waals surface area contributed by atoms with E-state index in [4.69, 9.17) is 10.8 Å². The zero-order valence-corrected chi connectivity index (χ0v) is 12.5. The van der Waals surface area contributed by atoms with E-state index in [2.05, 4.69) is 4.98 Å². The van der Waals surface area contributed by atoms with Crippen LogP contribution in [-0.2, 0) is 11.2 Å². The first-order chi connectivity index (χ1) is 11.0. The van der Waals surface area contributed by atoms with Crippen molar-refractivity contribution in [1.82, 2.24) is 9.38 Å². The van der Waals surface area contributed by atoms with Crippen molar-refractivity contribution in [3.63, 3.8) is 0 Å². The minimum atomic E-state index is -1.07. The molecule has 3 N–H and O–H groups in total. The monoisotopic (exact) mass is 313 g/mol. The first-order valence-electron chi connectivity index (χ1n) is 7.17. The van der Waals surface area contributed by atoms with E-state index >= 15 is 0 Å². The topological polar surface area (TPSA) is 80.6 Å². The molecule has 1 atom stereocenters. The number of carboxylic acid groups (broad SMARTS) is 1. The number of nitrogens with two attached hydrogens (primary N) is 1. The summed E-state index contributed by atoms with van der Waals surface area (Å²) in [4.78, 5) is 15.7. The number of pyridine rings is 1. The fraction of sp³-hybridized carbons (Fsp3) is 0.176. The lowest BCUT2D eigenvalue weighted by Crippen LogP contribution is -2.32. The summed E-state index contributed by atoms with van der Waals surface area (Å²) in [5.41, 5.74) is 9.48.